The van der Waals surface area contributed by atoms with Gasteiger partial charge in [0, 0.05) is 27.6 Å². The fraction of sp³-hybridized carbons (Fsp3) is 0.158. The second kappa shape index (κ2) is 7.90. The molecular weight excluding hydrogens is 393 g/mol. The lowest BCUT2D eigenvalue weighted by molar-refractivity contribution is -0.146. The molecule has 1 saturated heterocycles. The Morgan fingerprint density at radius 3 is 1.93 bits per heavy atom. The maximum absolute atomic E-state index is 13.0. The Labute approximate surface area is 164 Å². The number of Topliss-reactive ketones (excluding diaryl/α,β-unsaturated/α-hetero) is 2. The average Bonchev–Trinajstić information content (AvgIpc) is 2.98. The van der Waals surface area contributed by atoms with Crippen molar-refractivity contribution in [2.24, 2.45) is 11.8 Å². The van der Waals surface area contributed by atoms with Gasteiger partial charge in [0.05, 0.1) is 5.92 Å². The van der Waals surface area contributed by atoms with Crippen molar-refractivity contribution in [2.45, 2.75) is 6.42 Å². The number of hydrogen-bond acceptors (Lipinski definition) is 5. The van der Waals surface area contributed by atoms with Crippen LogP contribution in [-0.4, -0.2) is 23.4 Å². The van der Waals surface area contributed by atoms with Crippen LogP contribution in [0.5, 0.6) is 0 Å². The first-order valence-corrected chi connectivity index (χ1v) is 8.71. The number of carbonyl (C=O) groups is 4. The minimum absolute atomic E-state index is 0.237. The van der Waals surface area contributed by atoms with Gasteiger partial charge in [-0.05, 0) is 48.5 Å². The van der Waals surface area contributed by atoms with Crippen LogP contribution in [0.3, 0.4) is 0 Å². The summed E-state index contributed by atoms with van der Waals surface area (Å²) < 4.78 is 0. The van der Waals surface area contributed by atoms with Crippen molar-refractivity contribution < 1.29 is 24.0 Å². The first kappa shape index (κ1) is 19.1. The van der Waals surface area contributed by atoms with Gasteiger partial charge in [-0.3, -0.25) is 14.4 Å². The van der Waals surface area contributed by atoms with Crippen molar-refractivity contribution in [1.82, 2.24) is 5.48 Å². The highest BCUT2D eigenvalue weighted by Gasteiger charge is 2.46. The molecule has 3 rings (SSSR count). The molecule has 27 heavy (non-hydrogen) atoms. The van der Waals surface area contributed by atoms with Crippen LogP contribution in [0.15, 0.2) is 48.5 Å². The molecule has 1 heterocycles. The molecule has 1 fully saturated rings. The highest BCUT2D eigenvalue weighted by Crippen LogP contribution is 2.28. The highest BCUT2D eigenvalue weighted by atomic mass is 35.5. The summed E-state index contributed by atoms with van der Waals surface area (Å²) in [6.45, 7) is 0. The Bertz CT molecular complexity index is 893. The smallest absolute Gasteiger partial charge is 0.340 e. The second-order valence-corrected chi connectivity index (χ2v) is 6.85. The highest BCUT2D eigenvalue weighted by molar-refractivity contribution is 6.31. The first-order valence-electron chi connectivity index (χ1n) is 7.96. The summed E-state index contributed by atoms with van der Waals surface area (Å²) in [6.07, 6.45) is -0.337. The van der Waals surface area contributed by atoms with Gasteiger partial charge in [-0.25, -0.2) is 4.79 Å². The maximum atomic E-state index is 13.0. The number of carbonyl (C=O) groups excluding carboxylic acids is 4. The summed E-state index contributed by atoms with van der Waals surface area (Å²) in [5.41, 5.74) is 2.50. The number of ketones is 2. The van der Waals surface area contributed by atoms with E-state index in [0.29, 0.717) is 15.6 Å². The molecule has 1 aliphatic heterocycles. The van der Waals surface area contributed by atoms with Gasteiger partial charge in [0.1, 0.15) is 0 Å². The van der Waals surface area contributed by atoms with E-state index < -0.39 is 35.3 Å². The molecule has 1 aliphatic rings. The fourth-order valence-electron chi connectivity index (χ4n) is 2.83. The van der Waals surface area contributed by atoms with Crippen molar-refractivity contribution in [1.29, 1.82) is 0 Å². The molecule has 0 saturated carbocycles. The molecule has 0 spiro atoms. The van der Waals surface area contributed by atoms with Crippen molar-refractivity contribution in [3.63, 3.8) is 0 Å². The Hall–Kier alpha value is -2.70. The molecule has 2 unspecified atom stereocenters. The molecular formula is C19H13Cl2NO5. The number of hydroxylamine groups is 1. The van der Waals surface area contributed by atoms with Gasteiger partial charge in [-0.15, -0.1) is 0 Å². The third-order valence-corrected chi connectivity index (χ3v) is 4.73. The van der Waals surface area contributed by atoms with Crippen molar-refractivity contribution >= 4 is 46.6 Å². The minimum atomic E-state index is -1.40. The molecule has 2 aromatic carbocycles. The van der Waals surface area contributed by atoms with E-state index in [1.807, 2.05) is 5.48 Å². The predicted molar refractivity (Wildman–Crippen MR) is 97.4 cm³/mol. The normalized spacial score (nSPS) is 17.2. The van der Waals surface area contributed by atoms with E-state index in [2.05, 4.69) is 4.84 Å². The van der Waals surface area contributed by atoms with E-state index in [4.69, 9.17) is 23.2 Å². The van der Waals surface area contributed by atoms with Crippen molar-refractivity contribution in [3.05, 3.63) is 69.7 Å². The van der Waals surface area contributed by atoms with Crippen LogP contribution in [0.2, 0.25) is 10.0 Å². The summed E-state index contributed by atoms with van der Waals surface area (Å²) in [6, 6.07) is 12.1. The summed E-state index contributed by atoms with van der Waals surface area (Å²) in [5, 5.41) is 0.887. The standard InChI is InChI=1S/C19H13Cl2NO5/c20-12-5-1-10(2-6-12)15(23)9-14(16-18(25)22-27-19(16)26)17(24)11-3-7-13(21)8-4-11/h1-8,14,16H,9H2,(H,22,25). The third-order valence-electron chi connectivity index (χ3n) is 4.23. The minimum Gasteiger partial charge on any atom is -0.340 e. The Morgan fingerprint density at radius 2 is 1.44 bits per heavy atom. The van der Waals surface area contributed by atoms with Crippen molar-refractivity contribution in [2.75, 3.05) is 0 Å². The van der Waals surface area contributed by atoms with E-state index in [1.165, 1.54) is 36.4 Å². The lowest BCUT2D eigenvalue weighted by Crippen LogP contribution is -2.34. The molecule has 0 bridgehead atoms. The van der Waals surface area contributed by atoms with E-state index in [-0.39, 0.29) is 12.0 Å². The molecule has 0 aliphatic carbocycles. The number of rotatable bonds is 6. The quantitative estimate of drug-likeness (QED) is 0.588. The molecule has 2 aromatic rings. The van der Waals surface area contributed by atoms with Gasteiger partial charge in [0.25, 0.3) is 5.91 Å². The molecule has 0 aromatic heterocycles. The lowest BCUT2D eigenvalue weighted by atomic mass is 9.81. The van der Waals surface area contributed by atoms with Gasteiger partial charge < -0.3 is 4.84 Å². The third kappa shape index (κ3) is 4.18. The Morgan fingerprint density at radius 1 is 0.926 bits per heavy atom. The zero-order chi connectivity index (χ0) is 19.6. The maximum Gasteiger partial charge on any atom is 0.345 e. The zero-order valence-corrected chi connectivity index (χ0v) is 15.3. The molecule has 6 nitrogen and oxygen atoms in total. The number of hydrogen-bond donors (Lipinski definition) is 1. The van der Waals surface area contributed by atoms with E-state index in [1.54, 1.807) is 12.1 Å². The molecule has 138 valence electrons. The molecule has 0 radical (unpaired) electrons. The average molecular weight is 406 g/mol. The number of nitrogens with one attached hydrogen (secondary N) is 1. The van der Waals surface area contributed by atoms with E-state index in [0.717, 1.165) is 0 Å². The van der Waals surface area contributed by atoms with Gasteiger partial charge in [-0.2, -0.15) is 5.48 Å². The van der Waals surface area contributed by atoms with Crippen LogP contribution in [0.4, 0.5) is 0 Å². The van der Waals surface area contributed by atoms with Gasteiger partial charge in [0.15, 0.2) is 17.5 Å². The molecule has 1 amide bonds. The number of amides is 1. The topological polar surface area (TPSA) is 89.5 Å². The van der Waals surface area contributed by atoms with Gasteiger partial charge in [0.2, 0.25) is 0 Å². The molecule has 1 N–H and O–H groups in total. The van der Waals surface area contributed by atoms with Crippen LogP contribution in [0.1, 0.15) is 27.1 Å². The van der Waals surface area contributed by atoms with Crippen LogP contribution < -0.4 is 5.48 Å². The van der Waals surface area contributed by atoms with Gasteiger partial charge >= 0.3 is 5.97 Å². The largest absolute Gasteiger partial charge is 0.345 e. The number of halogens is 2. The summed E-state index contributed by atoms with van der Waals surface area (Å²) in [5.74, 6) is -5.17. The van der Waals surface area contributed by atoms with E-state index >= 15 is 0 Å². The van der Waals surface area contributed by atoms with Crippen LogP contribution in [0.25, 0.3) is 0 Å². The van der Waals surface area contributed by atoms with Crippen LogP contribution in [0, 0.1) is 11.8 Å². The first-order chi connectivity index (χ1) is 12.9. The van der Waals surface area contributed by atoms with Gasteiger partial charge in [-0.1, -0.05) is 23.2 Å². The SMILES string of the molecule is O=C(CC(C(=O)c1ccc(Cl)cc1)C1C(=O)NOC1=O)c1ccc(Cl)cc1. The Kier molecular flexibility index (Phi) is 5.58. The number of benzene rings is 2. The van der Waals surface area contributed by atoms with Crippen LogP contribution in [-0.2, 0) is 14.4 Å². The summed E-state index contributed by atoms with van der Waals surface area (Å²) in [7, 11) is 0. The zero-order valence-electron chi connectivity index (χ0n) is 13.8. The lowest BCUT2D eigenvalue weighted by Gasteiger charge is -2.17. The Balaban J connectivity index is 1.92. The molecule has 2 atom stereocenters. The monoisotopic (exact) mass is 405 g/mol. The second-order valence-electron chi connectivity index (χ2n) is 5.98. The summed E-state index contributed by atoms with van der Waals surface area (Å²) >= 11 is 11.6. The predicted octanol–water partition coefficient (Wildman–Crippen LogP) is 3.27. The van der Waals surface area contributed by atoms with Crippen molar-refractivity contribution in [3.8, 4) is 0 Å². The fourth-order valence-corrected chi connectivity index (χ4v) is 3.08. The van der Waals surface area contributed by atoms with E-state index in [9.17, 15) is 19.2 Å². The van der Waals surface area contributed by atoms with Crippen LogP contribution >= 0.6 is 23.2 Å². The molecule has 8 heteroatoms. The summed E-state index contributed by atoms with van der Waals surface area (Å²) in [4.78, 5) is 54.1.